The van der Waals surface area contributed by atoms with Gasteiger partial charge in [-0.2, -0.15) is 13.2 Å². The summed E-state index contributed by atoms with van der Waals surface area (Å²) in [6, 6.07) is 4.11. The highest BCUT2D eigenvalue weighted by Crippen LogP contribution is 2.33. The lowest BCUT2D eigenvalue weighted by molar-refractivity contribution is -0.136. The van der Waals surface area contributed by atoms with Crippen LogP contribution in [0.15, 0.2) is 29.1 Å². The van der Waals surface area contributed by atoms with Gasteiger partial charge in [-0.15, -0.1) is 0 Å². The molecule has 2 rings (SSSR count). The van der Waals surface area contributed by atoms with Crippen molar-refractivity contribution >= 4 is 16.9 Å². The zero-order valence-electron chi connectivity index (χ0n) is 9.67. The molecular formula is C12H8F3NO3. The number of fused-ring (bicyclic) bond motifs is 1. The van der Waals surface area contributed by atoms with Gasteiger partial charge in [0.15, 0.2) is 5.43 Å². The summed E-state index contributed by atoms with van der Waals surface area (Å²) in [5.74, 6) is -0.869. The number of hydrogen-bond acceptors (Lipinski definition) is 3. The SMILES string of the molecule is CC(=O)Oc1cc(=O)c2c(C(F)(F)F)cccc2[nH]1. The maximum Gasteiger partial charge on any atom is 0.417 e. The number of hydrogen-bond donors (Lipinski definition) is 1. The summed E-state index contributed by atoms with van der Waals surface area (Å²) in [6.45, 7) is 1.12. The lowest BCUT2D eigenvalue weighted by Crippen LogP contribution is -2.14. The summed E-state index contributed by atoms with van der Waals surface area (Å²) >= 11 is 0. The molecule has 19 heavy (non-hydrogen) atoms. The number of halogens is 3. The molecule has 100 valence electrons. The van der Waals surface area contributed by atoms with Gasteiger partial charge in [-0.1, -0.05) is 6.07 Å². The van der Waals surface area contributed by atoms with Gasteiger partial charge in [-0.3, -0.25) is 9.59 Å². The van der Waals surface area contributed by atoms with E-state index in [0.29, 0.717) is 0 Å². The fraction of sp³-hybridized carbons (Fsp3) is 0.167. The number of H-pyrrole nitrogens is 1. The van der Waals surface area contributed by atoms with Gasteiger partial charge in [0.05, 0.1) is 16.5 Å². The van der Waals surface area contributed by atoms with E-state index in [0.717, 1.165) is 19.1 Å². The quantitative estimate of drug-likeness (QED) is 0.810. The summed E-state index contributed by atoms with van der Waals surface area (Å²) in [5.41, 5.74) is -1.93. The van der Waals surface area contributed by atoms with Crippen molar-refractivity contribution in [2.24, 2.45) is 0 Å². The Kier molecular flexibility index (Phi) is 3.05. The molecule has 0 amide bonds. The minimum Gasteiger partial charge on any atom is -0.410 e. The number of pyridine rings is 1. The van der Waals surface area contributed by atoms with Gasteiger partial charge in [-0.05, 0) is 12.1 Å². The van der Waals surface area contributed by atoms with Gasteiger partial charge < -0.3 is 9.72 Å². The first-order valence-corrected chi connectivity index (χ1v) is 5.20. The molecule has 0 saturated heterocycles. The van der Waals surface area contributed by atoms with Gasteiger partial charge in [0.25, 0.3) is 0 Å². The van der Waals surface area contributed by atoms with Crippen LogP contribution in [0, 0.1) is 0 Å². The predicted octanol–water partition coefficient (Wildman–Crippen LogP) is 2.47. The van der Waals surface area contributed by atoms with E-state index >= 15 is 0 Å². The van der Waals surface area contributed by atoms with Crippen molar-refractivity contribution in [1.82, 2.24) is 4.98 Å². The first-order chi connectivity index (χ1) is 8.79. The Morgan fingerprint density at radius 3 is 2.58 bits per heavy atom. The highest BCUT2D eigenvalue weighted by molar-refractivity contribution is 5.83. The van der Waals surface area contributed by atoms with E-state index in [1.807, 2.05) is 0 Å². The van der Waals surface area contributed by atoms with E-state index in [4.69, 9.17) is 0 Å². The number of aromatic nitrogens is 1. The summed E-state index contributed by atoms with van der Waals surface area (Å²) in [7, 11) is 0. The van der Waals surface area contributed by atoms with Gasteiger partial charge in [0, 0.05) is 13.0 Å². The Bertz CT molecular complexity index is 703. The highest BCUT2D eigenvalue weighted by atomic mass is 19.4. The minimum absolute atomic E-state index is 0.0430. The molecule has 4 nitrogen and oxygen atoms in total. The Hall–Kier alpha value is -2.31. The number of aromatic amines is 1. The van der Waals surface area contributed by atoms with Gasteiger partial charge >= 0.3 is 12.1 Å². The number of rotatable bonds is 1. The standard InChI is InChI=1S/C12H8F3NO3/c1-6(17)19-10-5-9(18)11-7(12(13,14)15)3-2-4-8(11)16-10/h2-5H,1H3,(H,16,18). The van der Waals surface area contributed by atoms with Gasteiger partial charge in [0.1, 0.15) is 0 Å². The van der Waals surface area contributed by atoms with E-state index in [9.17, 15) is 22.8 Å². The molecule has 1 aromatic carbocycles. The molecule has 2 aromatic rings. The van der Waals surface area contributed by atoms with Crippen LogP contribution in [0.2, 0.25) is 0 Å². The van der Waals surface area contributed by atoms with Gasteiger partial charge in [-0.25, -0.2) is 0 Å². The normalized spacial score (nSPS) is 11.6. The molecule has 0 radical (unpaired) electrons. The molecular weight excluding hydrogens is 263 g/mol. The summed E-state index contributed by atoms with van der Waals surface area (Å²) in [5, 5.41) is -0.481. The van der Waals surface area contributed by atoms with Crippen LogP contribution >= 0.6 is 0 Å². The van der Waals surface area contributed by atoms with Crippen LogP contribution in [0.4, 0.5) is 13.2 Å². The molecule has 0 atom stereocenters. The molecule has 0 aliphatic carbocycles. The van der Waals surface area contributed by atoms with Crippen LogP contribution in [-0.4, -0.2) is 11.0 Å². The summed E-state index contributed by atoms with van der Waals surface area (Å²) in [4.78, 5) is 25.0. The zero-order chi connectivity index (χ0) is 14.2. The Balaban J connectivity index is 2.73. The minimum atomic E-state index is -4.63. The molecule has 0 aliphatic heterocycles. The molecule has 0 spiro atoms. The number of nitrogens with one attached hydrogen (secondary N) is 1. The average molecular weight is 271 g/mol. The third-order valence-corrected chi connectivity index (χ3v) is 2.39. The lowest BCUT2D eigenvalue weighted by atomic mass is 10.1. The van der Waals surface area contributed by atoms with E-state index in [1.165, 1.54) is 12.1 Å². The molecule has 0 fully saturated rings. The number of carbonyl (C=O) groups excluding carboxylic acids is 1. The fourth-order valence-corrected chi connectivity index (χ4v) is 1.73. The molecule has 1 heterocycles. The maximum absolute atomic E-state index is 12.8. The molecule has 7 heteroatoms. The average Bonchev–Trinajstić information content (AvgIpc) is 2.25. The molecule has 0 unspecified atom stereocenters. The van der Waals surface area contributed by atoms with Crippen LogP contribution in [0.1, 0.15) is 12.5 Å². The van der Waals surface area contributed by atoms with Crippen molar-refractivity contribution in [1.29, 1.82) is 0 Å². The number of benzene rings is 1. The van der Waals surface area contributed by atoms with Crippen molar-refractivity contribution in [2.45, 2.75) is 13.1 Å². The summed E-state index contributed by atoms with van der Waals surface area (Å²) in [6.07, 6.45) is -4.63. The molecule has 0 aliphatic rings. The fourth-order valence-electron chi connectivity index (χ4n) is 1.73. The monoisotopic (exact) mass is 271 g/mol. The largest absolute Gasteiger partial charge is 0.417 e. The predicted molar refractivity (Wildman–Crippen MR) is 60.9 cm³/mol. The number of alkyl halides is 3. The van der Waals surface area contributed by atoms with Crippen molar-refractivity contribution in [3.63, 3.8) is 0 Å². The maximum atomic E-state index is 12.8. The van der Waals surface area contributed by atoms with Gasteiger partial charge in [0.2, 0.25) is 5.88 Å². The van der Waals surface area contributed by atoms with E-state index in [2.05, 4.69) is 9.72 Å². The first kappa shape index (κ1) is 13.1. The Labute approximate surface area is 104 Å². The Morgan fingerprint density at radius 2 is 2.00 bits per heavy atom. The third kappa shape index (κ3) is 2.59. The third-order valence-electron chi connectivity index (χ3n) is 2.39. The molecule has 1 aromatic heterocycles. The zero-order valence-corrected chi connectivity index (χ0v) is 9.67. The first-order valence-electron chi connectivity index (χ1n) is 5.20. The summed E-state index contributed by atoms with van der Waals surface area (Å²) < 4.78 is 43.0. The van der Waals surface area contributed by atoms with Crippen LogP contribution < -0.4 is 10.2 Å². The number of carbonyl (C=O) groups is 1. The molecule has 0 saturated carbocycles. The van der Waals surface area contributed by atoms with Crippen LogP contribution in [0.3, 0.4) is 0 Å². The van der Waals surface area contributed by atoms with E-state index in [-0.39, 0.29) is 11.4 Å². The smallest absolute Gasteiger partial charge is 0.410 e. The Morgan fingerprint density at radius 1 is 1.32 bits per heavy atom. The second-order valence-electron chi connectivity index (χ2n) is 3.82. The van der Waals surface area contributed by atoms with E-state index in [1.54, 1.807) is 0 Å². The van der Waals surface area contributed by atoms with Crippen LogP contribution in [0.5, 0.6) is 5.88 Å². The number of esters is 1. The van der Waals surface area contributed by atoms with Crippen LogP contribution in [0.25, 0.3) is 10.9 Å². The molecule has 1 N–H and O–H groups in total. The van der Waals surface area contributed by atoms with E-state index < -0.39 is 28.5 Å². The van der Waals surface area contributed by atoms with Crippen molar-refractivity contribution in [3.05, 3.63) is 40.1 Å². The molecule has 0 bridgehead atoms. The second kappa shape index (κ2) is 4.42. The van der Waals surface area contributed by atoms with Crippen molar-refractivity contribution in [3.8, 4) is 5.88 Å². The van der Waals surface area contributed by atoms with Crippen molar-refractivity contribution in [2.75, 3.05) is 0 Å². The lowest BCUT2D eigenvalue weighted by Gasteiger charge is -2.10. The topological polar surface area (TPSA) is 59.2 Å². The van der Waals surface area contributed by atoms with Crippen molar-refractivity contribution < 1.29 is 22.7 Å². The second-order valence-corrected chi connectivity index (χ2v) is 3.82. The van der Waals surface area contributed by atoms with Crippen LogP contribution in [-0.2, 0) is 11.0 Å². The highest BCUT2D eigenvalue weighted by Gasteiger charge is 2.33. The number of ether oxygens (including phenoxy) is 1.